The molecule has 0 unspecified atom stereocenters. The Balaban J connectivity index is 1.73. The normalized spacial score (nSPS) is 13.5. The van der Waals surface area contributed by atoms with Gasteiger partial charge in [0, 0.05) is 23.5 Å². The minimum Gasteiger partial charge on any atom is -0.467 e. The number of nitriles is 1. The fourth-order valence-electron chi connectivity index (χ4n) is 3.16. The molecule has 2 aromatic heterocycles. The lowest BCUT2D eigenvalue weighted by molar-refractivity contribution is 0.0737. The first-order valence-corrected chi connectivity index (χ1v) is 8.84. The van der Waals surface area contributed by atoms with E-state index >= 15 is 0 Å². The zero-order valence-corrected chi connectivity index (χ0v) is 14.4. The van der Waals surface area contributed by atoms with Crippen LogP contribution in [0.1, 0.15) is 47.0 Å². The minimum absolute atomic E-state index is 0.0860. The molecule has 2 heterocycles. The van der Waals surface area contributed by atoms with Gasteiger partial charge < -0.3 is 9.32 Å². The van der Waals surface area contributed by atoms with E-state index in [1.165, 1.54) is 0 Å². The van der Waals surface area contributed by atoms with Crippen LogP contribution in [0, 0.1) is 11.3 Å². The molecule has 1 aromatic carbocycles. The Morgan fingerprint density at radius 2 is 2.12 bits per heavy atom. The standard InChI is InChI=1S/C21H19N3O2/c22-10-4-11-24(14-16-5-3-12-26-16)21(25)18-13-20(15-8-9-15)23-19-7-2-1-6-17(18)19/h1-3,5-7,12-13,15H,4,8-9,11,14H2. The number of amides is 1. The summed E-state index contributed by atoms with van der Waals surface area (Å²) in [6.07, 6.45) is 4.13. The van der Waals surface area contributed by atoms with E-state index < -0.39 is 0 Å². The molecule has 4 rings (SSSR count). The first kappa shape index (κ1) is 16.3. The number of benzene rings is 1. The van der Waals surface area contributed by atoms with Gasteiger partial charge in [-0.05, 0) is 37.1 Å². The average molecular weight is 345 g/mol. The summed E-state index contributed by atoms with van der Waals surface area (Å²) in [6.45, 7) is 0.717. The molecule has 1 aliphatic rings. The molecule has 0 aliphatic heterocycles. The molecule has 1 aliphatic carbocycles. The van der Waals surface area contributed by atoms with E-state index in [4.69, 9.17) is 14.7 Å². The van der Waals surface area contributed by atoms with E-state index in [2.05, 4.69) is 6.07 Å². The summed E-state index contributed by atoms with van der Waals surface area (Å²) in [5.41, 5.74) is 2.49. The van der Waals surface area contributed by atoms with E-state index in [-0.39, 0.29) is 12.3 Å². The van der Waals surface area contributed by atoms with Crippen LogP contribution < -0.4 is 0 Å². The Morgan fingerprint density at radius 3 is 2.85 bits per heavy atom. The van der Waals surface area contributed by atoms with Crippen molar-refractivity contribution in [3.63, 3.8) is 0 Å². The number of aromatic nitrogens is 1. The van der Waals surface area contributed by atoms with Crippen molar-refractivity contribution in [1.82, 2.24) is 9.88 Å². The highest BCUT2D eigenvalue weighted by Gasteiger charge is 2.28. The van der Waals surface area contributed by atoms with E-state index in [1.807, 2.05) is 36.4 Å². The summed E-state index contributed by atoms with van der Waals surface area (Å²) in [6, 6.07) is 15.4. The number of fused-ring (bicyclic) bond motifs is 1. The number of para-hydroxylation sites is 1. The molecule has 1 fully saturated rings. The van der Waals surface area contributed by atoms with Gasteiger partial charge in [0.2, 0.25) is 0 Å². The Bertz CT molecular complexity index is 969. The van der Waals surface area contributed by atoms with E-state index in [1.54, 1.807) is 17.2 Å². The number of hydrogen-bond acceptors (Lipinski definition) is 4. The number of nitrogens with zero attached hydrogens (tertiary/aromatic N) is 3. The number of pyridine rings is 1. The summed E-state index contributed by atoms with van der Waals surface area (Å²) in [7, 11) is 0. The van der Waals surface area contributed by atoms with Gasteiger partial charge in [-0.1, -0.05) is 18.2 Å². The van der Waals surface area contributed by atoms with Crippen LogP contribution in [0.4, 0.5) is 0 Å². The zero-order valence-electron chi connectivity index (χ0n) is 14.4. The second kappa shape index (κ2) is 7.01. The third-order valence-electron chi connectivity index (χ3n) is 4.67. The van der Waals surface area contributed by atoms with Crippen LogP contribution in [-0.2, 0) is 6.54 Å². The lowest BCUT2D eigenvalue weighted by atomic mass is 10.0. The summed E-state index contributed by atoms with van der Waals surface area (Å²) >= 11 is 0. The van der Waals surface area contributed by atoms with E-state index in [9.17, 15) is 4.79 Å². The van der Waals surface area contributed by atoms with Gasteiger partial charge in [-0.2, -0.15) is 5.26 Å². The number of carbonyl (C=O) groups excluding carboxylic acids is 1. The Hall–Kier alpha value is -3.13. The van der Waals surface area contributed by atoms with Crippen LogP contribution in [0.2, 0.25) is 0 Å². The first-order chi connectivity index (χ1) is 12.8. The van der Waals surface area contributed by atoms with Crippen molar-refractivity contribution in [2.24, 2.45) is 0 Å². The van der Waals surface area contributed by atoms with Gasteiger partial charge in [0.05, 0.1) is 36.4 Å². The van der Waals surface area contributed by atoms with Crippen molar-refractivity contribution in [3.05, 3.63) is 65.7 Å². The summed E-state index contributed by atoms with van der Waals surface area (Å²) < 4.78 is 5.40. The van der Waals surface area contributed by atoms with Crippen LogP contribution in [0.3, 0.4) is 0 Å². The summed E-state index contributed by atoms with van der Waals surface area (Å²) in [5, 5.41) is 9.82. The number of furan rings is 1. The van der Waals surface area contributed by atoms with Crippen LogP contribution in [0.25, 0.3) is 10.9 Å². The van der Waals surface area contributed by atoms with Gasteiger partial charge in [-0.25, -0.2) is 0 Å². The average Bonchev–Trinajstić information content (AvgIpc) is 3.40. The first-order valence-electron chi connectivity index (χ1n) is 8.84. The van der Waals surface area contributed by atoms with E-state index in [0.29, 0.717) is 30.3 Å². The number of hydrogen-bond donors (Lipinski definition) is 0. The van der Waals surface area contributed by atoms with Crippen LogP contribution in [0.15, 0.2) is 53.1 Å². The third-order valence-corrected chi connectivity index (χ3v) is 4.67. The van der Waals surface area contributed by atoms with Crippen LogP contribution in [0.5, 0.6) is 0 Å². The van der Waals surface area contributed by atoms with Gasteiger partial charge in [-0.3, -0.25) is 9.78 Å². The molecule has 26 heavy (non-hydrogen) atoms. The molecular formula is C21H19N3O2. The van der Waals surface area contributed by atoms with Crippen molar-refractivity contribution in [3.8, 4) is 6.07 Å². The Kier molecular flexibility index (Phi) is 4.40. The van der Waals surface area contributed by atoms with Gasteiger partial charge in [-0.15, -0.1) is 0 Å². The Morgan fingerprint density at radius 1 is 1.27 bits per heavy atom. The van der Waals surface area contributed by atoms with Crippen molar-refractivity contribution in [1.29, 1.82) is 5.26 Å². The van der Waals surface area contributed by atoms with Crippen LogP contribution >= 0.6 is 0 Å². The lowest BCUT2D eigenvalue weighted by Gasteiger charge is -2.21. The van der Waals surface area contributed by atoms with Gasteiger partial charge >= 0.3 is 0 Å². The highest BCUT2D eigenvalue weighted by Crippen LogP contribution is 2.40. The van der Waals surface area contributed by atoms with E-state index in [0.717, 1.165) is 29.4 Å². The molecule has 130 valence electrons. The molecule has 5 heteroatoms. The largest absolute Gasteiger partial charge is 0.467 e. The zero-order chi connectivity index (χ0) is 17.9. The maximum Gasteiger partial charge on any atom is 0.255 e. The predicted molar refractivity (Wildman–Crippen MR) is 97.4 cm³/mol. The molecule has 0 atom stereocenters. The molecule has 0 bridgehead atoms. The monoisotopic (exact) mass is 345 g/mol. The van der Waals surface area contributed by atoms with Gasteiger partial charge in [0.1, 0.15) is 5.76 Å². The maximum atomic E-state index is 13.3. The molecule has 5 nitrogen and oxygen atoms in total. The van der Waals surface area contributed by atoms with Gasteiger partial charge in [0.15, 0.2) is 0 Å². The number of carbonyl (C=O) groups is 1. The van der Waals surface area contributed by atoms with Crippen molar-refractivity contribution in [2.45, 2.75) is 31.7 Å². The highest BCUT2D eigenvalue weighted by molar-refractivity contribution is 6.06. The third kappa shape index (κ3) is 3.31. The molecule has 1 amide bonds. The molecule has 0 N–H and O–H groups in total. The topological polar surface area (TPSA) is 70.1 Å². The summed E-state index contributed by atoms with van der Waals surface area (Å²) in [4.78, 5) is 19.8. The molecule has 0 saturated heterocycles. The maximum absolute atomic E-state index is 13.3. The number of rotatable bonds is 6. The molecule has 1 saturated carbocycles. The second-order valence-corrected chi connectivity index (χ2v) is 6.60. The molecule has 3 aromatic rings. The summed E-state index contributed by atoms with van der Waals surface area (Å²) in [5.74, 6) is 1.08. The fourth-order valence-corrected chi connectivity index (χ4v) is 3.16. The van der Waals surface area contributed by atoms with Gasteiger partial charge in [0.25, 0.3) is 5.91 Å². The minimum atomic E-state index is -0.0860. The fraction of sp³-hybridized carbons (Fsp3) is 0.286. The second-order valence-electron chi connectivity index (χ2n) is 6.60. The Labute approximate surface area is 151 Å². The molecular weight excluding hydrogens is 326 g/mol. The molecule has 0 radical (unpaired) electrons. The molecule has 0 spiro atoms. The highest BCUT2D eigenvalue weighted by atomic mass is 16.3. The van der Waals surface area contributed by atoms with Crippen LogP contribution in [-0.4, -0.2) is 22.3 Å². The van der Waals surface area contributed by atoms with Crippen molar-refractivity contribution >= 4 is 16.8 Å². The van der Waals surface area contributed by atoms with Crippen molar-refractivity contribution in [2.75, 3.05) is 6.54 Å². The predicted octanol–water partition coefficient (Wildman–Crippen LogP) is 4.26. The smallest absolute Gasteiger partial charge is 0.255 e. The lowest BCUT2D eigenvalue weighted by Crippen LogP contribution is -2.31. The van der Waals surface area contributed by atoms with Crippen molar-refractivity contribution < 1.29 is 9.21 Å². The quantitative estimate of drug-likeness (QED) is 0.669. The SMILES string of the molecule is N#CCCN(Cc1ccco1)C(=O)c1cc(C2CC2)nc2ccccc12.